The van der Waals surface area contributed by atoms with Gasteiger partial charge in [-0.2, -0.15) is 17.0 Å². The van der Waals surface area contributed by atoms with E-state index in [0.29, 0.717) is 13.2 Å². The third-order valence-electron chi connectivity index (χ3n) is 3.10. The predicted molar refractivity (Wildman–Crippen MR) is 69.8 cm³/mol. The van der Waals surface area contributed by atoms with Gasteiger partial charge in [-0.25, -0.2) is 0 Å². The molecular weight excluding hydrogens is 272 g/mol. The quantitative estimate of drug-likeness (QED) is 0.658. The highest BCUT2D eigenvalue weighted by atomic mass is 32.2. The van der Waals surface area contributed by atoms with Gasteiger partial charge in [0.25, 0.3) is 10.2 Å². The number of esters is 1. The van der Waals surface area contributed by atoms with Crippen LogP contribution in [-0.2, 0) is 24.5 Å². The summed E-state index contributed by atoms with van der Waals surface area (Å²) in [7, 11) is -0.825. The van der Waals surface area contributed by atoms with Crippen molar-refractivity contribution >= 4 is 16.2 Å². The van der Waals surface area contributed by atoms with Gasteiger partial charge in [0.15, 0.2) is 0 Å². The van der Waals surface area contributed by atoms with Crippen molar-refractivity contribution < 1.29 is 22.7 Å². The second-order valence-electron chi connectivity index (χ2n) is 4.72. The number of methoxy groups -OCH3 is 1. The molecule has 0 aromatic rings. The van der Waals surface area contributed by atoms with Crippen LogP contribution in [0.3, 0.4) is 0 Å². The number of morpholine rings is 1. The molecule has 0 N–H and O–H groups in total. The first-order chi connectivity index (χ1) is 8.78. The molecule has 0 saturated carbocycles. The average Bonchev–Trinajstić information content (AvgIpc) is 2.37. The van der Waals surface area contributed by atoms with Crippen LogP contribution >= 0.6 is 0 Å². The minimum Gasteiger partial charge on any atom is -0.469 e. The van der Waals surface area contributed by atoms with Crippen molar-refractivity contribution in [2.45, 2.75) is 32.4 Å². The van der Waals surface area contributed by atoms with Crippen LogP contribution in [0.2, 0.25) is 0 Å². The van der Waals surface area contributed by atoms with E-state index in [-0.39, 0.29) is 25.1 Å². The van der Waals surface area contributed by atoms with E-state index in [2.05, 4.69) is 4.74 Å². The molecule has 1 rings (SSSR count). The molecule has 8 heteroatoms. The first kappa shape index (κ1) is 16.4. The van der Waals surface area contributed by atoms with E-state index in [9.17, 15) is 13.2 Å². The molecule has 0 spiro atoms. The fraction of sp³-hybridized carbons (Fsp3) is 0.909. The van der Waals surface area contributed by atoms with E-state index >= 15 is 0 Å². The first-order valence-corrected chi connectivity index (χ1v) is 7.60. The Bertz CT molecular complexity index is 411. The van der Waals surface area contributed by atoms with Gasteiger partial charge >= 0.3 is 5.97 Å². The minimum absolute atomic E-state index is 0.0422. The normalized spacial score (nSPS) is 25.5. The van der Waals surface area contributed by atoms with Crippen molar-refractivity contribution in [3.63, 3.8) is 0 Å². The number of nitrogens with zero attached hydrogens (tertiary/aromatic N) is 2. The zero-order valence-electron chi connectivity index (χ0n) is 11.8. The molecule has 19 heavy (non-hydrogen) atoms. The van der Waals surface area contributed by atoms with E-state index in [4.69, 9.17) is 4.74 Å². The SMILES string of the molecule is COC(=O)CCN(C)S(=O)(=O)N1CC(C)OCC1C. The molecule has 2 atom stereocenters. The molecule has 1 saturated heterocycles. The lowest BCUT2D eigenvalue weighted by Gasteiger charge is -2.37. The van der Waals surface area contributed by atoms with Crippen LogP contribution in [-0.4, -0.2) is 69.0 Å². The summed E-state index contributed by atoms with van der Waals surface area (Å²) >= 11 is 0. The molecule has 0 bridgehead atoms. The Morgan fingerprint density at radius 2 is 2.11 bits per heavy atom. The average molecular weight is 294 g/mol. The largest absolute Gasteiger partial charge is 0.469 e. The highest BCUT2D eigenvalue weighted by Crippen LogP contribution is 2.18. The summed E-state index contributed by atoms with van der Waals surface area (Å²) in [6, 6.07) is -0.207. The van der Waals surface area contributed by atoms with E-state index < -0.39 is 16.2 Å². The first-order valence-electron chi connectivity index (χ1n) is 6.20. The van der Waals surface area contributed by atoms with Crippen LogP contribution in [0.25, 0.3) is 0 Å². The number of ether oxygens (including phenoxy) is 2. The lowest BCUT2D eigenvalue weighted by atomic mass is 10.2. The number of hydrogen-bond donors (Lipinski definition) is 0. The second-order valence-corrected chi connectivity index (χ2v) is 6.71. The molecule has 0 radical (unpaired) electrons. The Hall–Kier alpha value is -0.700. The van der Waals surface area contributed by atoms with Crippen molar-refractivity contribution in [2.75, 3.05) is 33.9 Å². The molecule has 1 aliphatic rings. The van der Waals surface area contributed by atoms with E-state index in [0.717, 1.165) is 0 Å². The van der Waals surface area contributed by atoms with Gasteiger partial charge in [0.1, 0.15) is 0 Å². The Kier molecular flexibility index (Phi) is 5.72. The van der Waals surface area contributed by atoms with Gasteiger partial charge in [0.2, 0.25) is 0 Å². The molecule has 1 heterocycles. The Labute approximate surface area is 114 Å². The van der Waals surface area contributed by atoms with Crippen molar-refractivity contribution in [2.24, 2.45) is 0 Å². The summed E-state index contributed by atoms with van der Waals surface area (Å²) in [5.41, 5.74) is 0. The Morgan fingerprint density at radius 3 is 2.68 bits per heavy atom. The molecule has 1 aliphatic heterocycles. The Morgan fingerprint density at radius 1 is 1.47 bits per heavy atom. The number of rotatable bonds is 5. The summed E-state index contributed by atoms with van der Waals surface area (Å²) < 4.78 is 37.3. The van der Waals surface area contributed by atoms with Crippen molar-refractivity contribution in [3.05, 3.63) is 0 Å². The molecule has 1 fully saturated rings. The molecule has 112 valence electrons. The van der Waals surface area contributed by atoms with E-state index in [1.54, 1.807) is 6.92 Å². The van der Waals surface area contributed by atoms with E-state index in [1.165, 1.54) is 22.8 Å². The smallest absolute Gasteiger partial charge is 0.306 e. The predicted octanol–water partition coefficient (Wildman–Crippen LogP) is -0.165. The lowest BCUT2D eigenvalue weighted by molar-refractivity contribution is -0.140. The number of carbonyl (C=O) groups excluding carboxylic acids is 1. The molecule has 0 aromatic carbocycles. The third kappa shape index (κ3) is 4.13. The maximum absolute atomic E-state index is 12.4. The maximum atomic E-state index is 12.4. The molecule has 7 nitrogen and oxygen atoms in total. The summed E-state index contributed by atoms with van der Waals surface area (Å²) in [6.07, 6.45) is -0.0828. The van der Waals surface area contributed by atoms with Gasteiger partial charge in [0.05, 0.1) is 26.2 Å². The highest BCUT2D eigenvalue weighted by Gasteiger charge is 2.35. The molecule has 0 aliphatic carbocycles. The van der Waals surface area contributed by atoms with Crippen LogP contribution in [0.4, 0.5) is 0 Å². The zero-order valence-corrected chi connectivity index (χ0v) is 12.6. The summed E-state index contributed by atoms with van der Waals surface area (Å²) in [6.45, 7) is 4.45. The van der Waals surface area contributed by atoms with Crippen molar-refractivity contribution in [3.8, 4) is 0 Å². The lowest BCUT2D eigenvalue weighted by Crippen LogP contribution is -2.54. The zero-order chi connectivity index (χ0) is 14.6. The van der Waals surface area contributed by atoms with Crippen LogP contribution in [0.5, 0.6) is 0 Å². The van der Waals surface area contributed by atoms with Crippen LogP contribution in [0.1, 0.15) is 20.3 Å². The van der Waals surface area contributed by atoms with Gasteiger partial charge in [-0.15, -0.1) is 0 Å². The summed E-state index contributed by atoms with van der Waals surface area (Å²) in [5, 5.41) is 0. The van der Waals surface area contributed by atoms with Crippen molar-refractivity contribution in [1.82, 2.24) is 8.61 Å². The topological polar surface area (TPSA) is 76.2 Å². The van der Waals surface area contributed by atoms with Crippen LogP contribution < -0.4 is 0 Å². The van der Waals surface area contributed by atoms with Gasteiger partial charge in [0, 0.05) is 26.2 Å². The highest BCUT2D eigenvalue weighted by molar-refractivity contribution is 7.86. The molecule has 0 aromatic heterocycles. The molecule has 0 amide bonds. The van der Waals surface area contributed by atoms with Crippen molar-refractivity contribution in [1.29, 1.82) is 0 Å². The standard InChI is InChI=1S/C11H22N2O5S/c1-9-8-18-10(2)7-13(9)19(15,16)12(3)6-5-11(14)17-4/h9-10H,5-8H2,1-4H3. The van der Waals surface area contributed by atoms with E-state index in [1.807, 2.05) is 6.92 Å². The van der Waals surface area contributed by atoms with Crippen LogP contribution in [0.15, 0.2) is 0 Å². The Balaban J connectivity index is 2.70. The minimum atomic E-state index is -3.57. The van der Waals surface area contributed by atoms with Gasteiger partial charge < -0.3 is 9.47 Å². The number of carbonyl (C=O) groups is 1. The maximum Gasteiger partial charge on any atom is 0.306 e. The molecular formula is C11H22N2O5S. The van der Waals surface area contributed by atoms with Gasteiger partial charge in [-0.1, -0.05) is 0 Å². The van der Waals surface area contributed by atoms with Gasteiger partial charge in [-0.05, 0) is 13.8 Å². The monoisotopic (exact) mass is 294 g/mol. The number of hydrogen-bond acceptors (Lipinski definition) is 5. The fourth-order valence-corrected chi connectivity index (χ4v) is 3.43. The van der Waals surface area contributed by atoms with Crippen LogP contribution in [0, 0.1) is 0 Å². The third-order valence-corrected chi connectivity index (χ3v) is 5.17. The fourth-order valence-electron chi connectivity index (χ4n) is 1.84. The summed E-state index contributed by atoms with van der Waals surface area (Å²) in [4.78, 5) is 11.1. The summed E-state index contributed by atoms with van der Waals surface area (Å²) in [5.74, 6) is -0.426. The second kappa shape index (κ2) is 6.65. The van der Waals surface area contributed by atoms with Gasteiger partial charge in [-0.3, -0.25) is 4.79 Å². The molecule has 2 unspecified atom stereocenters.